The minimum atomic E-state index is -0.744. The Hall–Kier alpha value is -2.46. The van der Waals surface area contributed by atoms with Gasteiger partial charge in [-0.15, -0.1) is 0 Å². The third-order valence-electron chi connectivity index (χ3n) is 5.45. The van der Waals surface area contributed by atoms with Gasteiger partial charge in [-0.25, -0.2) is 0 Å². The van der Waals surface area contributed by atoms with Gasteiger partial charge >= 0.3 is 5.97 Å². The molecule has 4 nitrogen and oxygen atoms in total. The fraction of sp³-hybridized carbons (Fsp3) is 0.348. The molecule has 3 aromatic rings. The first kappa shape index (κ1) is 20.3. The van der Waals surface area contributed by atoms with Crippen molar-refractivity contribution in [2.75, 3.05) is 7.11 Å². The van der Waals surface area contributed by atoms with Crippen LogP contribution in [0.5, 0.6) is 5.75 Å². The van der Waals surface area contributed by atoms with Crippen LogP contribution in [0, 0.1) is 12.8 Å². The molecule has 5 heteroatoms. The van der Waals surface area contributed by atoms with Crippen LogP contribution in [0.25, 0.3) is 10.9 Å². The molecule has 1 aromatic heterocycles. The van der Waals surface area contributed by atoms with Gasteiger partial charge in [-0.3, -0.25) is 4.79 Å². The number of rotatable bonds is 8. The molecule has 2 aromatic carbocycles. The third-order valence-corrected chi connectivity index (χ3v) is 5.70. The average Bonchev–Trinajstić information content (AvgIpc) is 2.93. The van der Waals surface area contributed by atoms with Gasteiger partial charge < -0.3 is 14.4 Å². The zero-order valence-electron chi connectivity index (χ0n) is 16.5. The van der Waals surface area contributed by atoms with Crippen molar-refractivity contribution in [3.05, 3.63) is 64.3 Å². The van der Waals surface area contributed by atoms with E-state index in [-0.39, 0.29) is 12.3 Å². The van der Waals surface area contributed by atoms with E-state index in [1.165, 1.54) is 16.8 Å². The van der Waals surface area contributed by atoms with Crippen LogP contribution < -0.4 is 4.74 Å². The molecular formula is C23H26ClNO3. The highest BCUT2D eigenvalue weighted by Gasteiger charge is 2.20. The molecule has 1 atom stereocenters. The van der Waals surface area contributed by atoms with Gasteiger partial charge in [0.2, 0.25) is 0 Å². The standard InChI is InChI=1S/C23H26ClNO3/c1-4-16(12-23(26)27)11-20-15(2)25(14-17-5-7-18(24)8-6-17)22-10-9-19(28-3)13-21(20)22/h5-10,13,16H,4,11-12,14H2,1-3H3,(H,26,27). The number of fused-ring (bicyclic) bond motifs is 1. The summed E-state index contributed by atoms with van der Waals surface area (Å²) in [5.74, 6) is 0.174. The van der Waals surface area contributed by atoms with Gasteiger partial charge in [-0.05, 0) is 60.7 Å². The van der Waals surface area contributed by atoms with E-state index in [2.05, 4.69) is 30.5 Å². The first-order valence-electron chi connectivity index (χ1n) is 9.54. The second-order valence-electron chi connectivity index (χ2n) is 7.24. The van der Waals surface area contributed by atoms with E-state index in [9.17, 15) is 9.90 Å². The van der Waals surface area contributed by atoms with Crippen LogP contribution in [0.15, 0.2) is 42.5 Å². The molecule has 28 heavy (non-hydrogen) atoms. The topological polar surface area (TPSA) is 51.5 Å². The molecule has 148 valence electrons. The lowest BCUT2D eigenvalue weighted by atomic mass is 9.92. The number of ether oxygens (including phenoxy) is 1. The zero-order valence-corrected chi connectivity index (χ0v) is 17.3. The van der Waals surface area contributed by atoms with Gasteiger partial charge in [0.15, 0.2) is 0 Å². The summed E-state index contributed by atoms with van der Waals surface area (Å²) in [6, 6.07) is 14.0. The smallest absolute Gasteiger partial charge is 0.303 e. The molecule has 0 bridgehead atoms. The number of halogens is 1. The fourth-order valence-corrected chi connectivity index (χ4v) is 3.91. The molecule has 0 aliphatic rings. The largest absolute Gasteiger partial charge is 0.497 e. The lowest BCUT2D eigenvalue weighted by Crippen LogP contribution is -2.11. The summed E-state index contributed by atoms with van der Waals surface area (Å²) < 4.78 is 7.73. The second-order valence-corrected chi connectivity index (χ2v) is 7.67. The zero-order chi connectivity index (χ0) is 20.3. The Balaban J connectivity index is 2.07. The minimum Gasteiger partial charge on any atom is -0.497 e. The quantitative estimate of drug-likeness (QED) is 0.528. The molecule has 1 heterocycles. The summed E-state index contributed by atoms with van der Waals surface area (Å²) in [6.45, 7) is 4.91. The number of methoxy groups -OCH3 is 1. The second kappa shape index (κ2) is 8.70. The van der Waals surface area contributed by atoms with Crippen LogP contribution in [0.4, 0.5) is 0 Å². The Labute approximate surface area is 170 Å². The number of aromatic nitrogens is 1. The monoisotopic (exact) mass is 399 g/mol. The Kier molecular flexibility index (Phi) is 6.30. The molecule has 0 saturated carbocycles. The van der Waals surface area contributed by atoms with Gasteiger partial charge in [0.1, 0.15) is 5.75 Å². The van der Waals surface area contributed by atoms with Crippen molar-refractivity contribution in [3.63, 3.8) is 0 Å². The molecule has 0 amide bonds. The van der Waals surface area contributed by atoms with E-state index >= 15 is 0 Å². The molecule has 0 aliphatic heterocycles. The summed E-state index contributed by atoms with van der Waals surface area (Å²) in [7, 11) is 1.66. The van der Waals surface area contributed by atoms with Crippen molar-refractivity contribution in [2.24, 2.45) is 5.92 Å². The van der Waals surface area contributed by atoms with Crippen molar-refractivity contribution in [2.45, 2.75) is 39.7 Å². The Morgan fingerprint density at radius 2 is 1.93 bits per heavy atom. The van der Waals surface area contributed by atoms with E-state index in [0.717, 1.165) is 41.1 Å². The van der Waals surface area contributed by atoms with Crippen LogP contribution in [0.2, 0.25) is 5.02 Å². The predicted molar refractivity (Wildman–Crippen MR) is 114 cm³/mol. The number of carbonyl (C=O) groups is 1. The highest BCUT2D eigenvalue weighted by atomic mass is 35.5. The van der Waals surface area contributed by atoms with Crippen LogP contribution in [-0.4, -0.2) is 22.8 Å². The van der Waals surface area contributed by atoms with Crippen LogP contribution >= 0.6 is 11.6 Å². The first-order chi connectivity index (χ1) is 13.4. The maximum absolute atomic E-state index is 11.2. The highest BCUT2D eigenvalue weighted by molar-refractivity contribution is 6.30. The minimum absolute atomic E-state index is 0.108. The van der Waals surface area contributed by atoms with Crippen molar-refractivity contribution in [1.82, 2.24) is 4.57 Å². The summed E-state index contributed by atoms with van der Waals surface area (Å²) >= 11 is 6.02. The van der Waals surface area contributed by atoms with Crippen LogP contribution in [0.1, 0.15) is 36.6 Å². The van der Waals surface area contributed by atoms with Gasteiger partial charge in [0.25, 0.3) is 0 Å². The lowest BCUT2D eigenvalue weighted by molar-refractivity contribution is -0.138. The molecule has 0 spiro atoms. The van der Waals surface area contributed by atoms with E-state index in [0.29, 0.717) is 0 Å². The number of hydrogen-bond acceptors (Lipinski definition) is 2. The number of nitrogens with zero attached hydrogens (tertiary/aromatic N) is 1. The lowest BCUT2D eigenvalue weighted by Gasteiger charge is -2.13. The Bertz CT molecular complexity index is 976. The first-order valence-corrected chi connectivity index (χ1v) is 9.92. The maximum atomic E-state index is 11.2. The molecule has 0 fully saturated rings. The Morgan fingerprint density at radius 1 is 1.21 bits per heavy atom. The third kappa shape index (κ3) is 4.33. The van der Waals surface area contributed by atoms with Crippen LogP contribution in [0.3, 0.4) is 0 Å². The molecule has 1 N–H and O–H groups in total. The molecule has 0 aliphatic carbocycles. The van der Waals surface area contributed by atoms with E-state index in [1.54, 1.807) is 7.11 Å². The number of benzene rings is 2. The number of carboxylic acid groups (broad SMARTS) is 1. The fourth-order valence-electron chi connectivity index (χ4n) is 3.79. The number of carboxylic acids is 1. The van der Waals surface area contributed by atoms with Crippen molar-refractivity contribution in [1.29, 1.82) is 0 Å². The van der Waals surface area contributed by atoms with Gasteiger partial charge in [0, 0.05) is 34.6 Å². The maximum Gasteiger partial charge on any atom is 0.303 e. The number of hydrogen-bond donors (Lipinski definition) is 1. The Morgan fingerprint density at radius 3 is 2.54 bits per heavy atom. The van der Waals surface area contributed by atoms with Gasteiger partial charge in [-0.1, -0.05) is 37.1 Å². The average molecular weight is 400 g/mol. The summed E-state index contributed by atoms with van der Waals surface area (Å²) in [5.41, 5.74) is 4.68. The van der Waals surface area contributed by atoms with Crippen LogP contribution in [-0.2, 0) is 17.8 Å². The van der Waals surface area contributed by atoms with E-state index < -0.39 is 5.97 Å². The predicted octanol–water partition coefficient (Wildman–Crippen LogP) is 5.70. The van der Waals surface area contributed by atoms with Crippen molar-refractivity contribution < 1.29 is 14.6 Å². The number of aliphatic carboxylic acids is 1. The molecule has 3 rings (SSSR count). The van der Waals surface area contributed by atoms with Gasteiger partial charge in [-0.2, -0.15) is 0 Å². The summed E-state index contributed by atoms with van der Waals surface area (Å²) in [6.07, 6.45) is 1.76. The molecule has 1 unspecified atom stereocenters. The van der Waals surface area contributed by atoms with E-state index in [1.807, 2.05) is 30.3 Å². The summed E-state index contributed by atoms with van der Waals surface area (Å²) in [5, 5.41) is 11.1. The van der Waals surface area contributed by atoms with Crippen molar-refractivity contribution in [3.8, 4) is 5.75 Å². The normalized spacial score (nSPS) is 12.3. The molecule has 0 radical (unpaired) electrons. The molecule has 0 saturated heterocycles. The van der Waals surface area contributed by atoms with Crippen molar-refractivity contribution >= 4 is 28.5 Å². The summed E-state index contributed by atoms with van der Waals surface area (Å²) in [4.78, 5) is 11.2. The molecular weight excluding hydrogens is 374 g/mol. The van der Waals surface area contributed by atoms with E-state index in [4.69, 9.17) is 16.3 Å². The SMILES string of the molecule is CCC(CC(=O)O)Cc1c(C)n(Cc2ccc(Cl)cc2)c2ccc(OC)cc12. The highest BCUT2D eigenvalue weighted by Crippen LogP contribution is 2.33. The van der Waals surface area contributed by atoms with Gasteiger partial charge in [0.05, 0.1) is 7.11 Å².